The van der Waals surface area contributed by atoms with Crippen LogP contribution >= 0.6 is 0 Å². The third kappa shape index (κ3) is 4.54. The first-order valence-electron chi connectivity index (χ1n) is 7.67. The van der Waals surface area contributed by atoms with Crippen LogP contribution in [-0.2, 0) is 4.79 Å². The van der Waals surface area contributed by atoms with Gasteiger partial charge in [0.15, 0.2) is 11.5 Å². The monoisotopic (exact) mass is 356 g/mol. The van der Waals surface area contributed by atoms with Gasteiger partial charge in [0.2, 0.25) is 17.6 Å². The lowest BCUT2D eigenvalue weighted by atomic mass is 10.1. The van der Waals surface area contributed by atoms with Crippen LogP contribution in [0, 0.1) is 0 Å². The molecule has 0 fully saturated rings. The number of benzene rings is 2. The molecular formula is C19H20N2O5. The molecule has 0 spiro atoms. The number of amides is 2. The van der Waals surface area contributed by atoms with Crippen LogP contribution in [-0.4, -0.2) is 33.1 Å². The summed E-state index contributed by atoms with van der Waals surface area (Å²) < 4.78 is 15.8. The quantitative estimate of drug-likeness (QED) is 0.742. The van der Waals surface area contributed by atoms with Crippen molar-refractivity contribution in [2.45, 2.75) is 0 Å². The molecule has 0 saturated heterocycles. The first kappa shape index (κ1) is 18.9. The molecule has 3 N–H and O–H groups in total. The number of carbonyl (C=O) groups excluding carboxylic acids is 2. The maximum Gasteiger partial charge on any atom is 0.248 e. The smallest absolute Gasteiger partial charge is 0.248 e. The van der Waals surface area contributed by atoms with Gasteiger partial charge >= 0.3 is 0 Å². The van der Waals surface area contributed by atoms with E-state index in [1.807, 2.05) is 0 Å². The van der Waals surface area contributed by atoms with Gasteiger partial charge in [-0.05, 0) is 48.0 Å². The molecule has 0 aliphatic heterocycles. The van der Waals surface area contributed by atoms with Crippen LogP contribution in [0.5, 0.6) is 17.2 Å². The zero-order valence-corrected chi connectivity index (χ0v) is 14.7. The number of nitrogens with two attached hydrogens (primary N) is 1. The van der Waals surface area contributed by atoms with E-state index in [1.165, 1.54) is 27.4 Å². The summed E-state index contributed by atoms with van der Waals surface area (Å²) in [6.07, 6.45) is 3.00. The molecule has 7 heteroatoms. The van der Waals surface area contributed by atoms with Gasteiger partial charge in [0.05, 0.1) is 21.3 Å². The number of carbonyl (C=O) groups is 2. The van der Waals surface area contributed by atoms with Gasteiger partial charge in [-0.2, -0.15) is 0 Å². The molecular weight excluding hydrogens is 336 g/mol. The highest BCUT2D eigenvalue weighted by Gasteiger charge is 2.12. The zero-order chi connectivity index (χ0) is 19.1. The molecule has 0 aliphatic carbocycles. The van der Waals surface area contributed by atoms with Crippen LogP contribution in [0.1, 0.15) is 15.9 Å². The van der Waals surface area contributed by atoms with E-state index in [1.54, 1.807) is 42.5 Å². The Kier molecular flexibility index (Phi) is 6.21. The molecule has 2 amide bonds. The first-order valence-corrected chi connectivity index (χ1v) is 7.67. The van der Waals surface area contributed by atoms with Crippen LogP contribution in [0.15, 0.2) is 42.5 Å². The minimum atomic E-state index is -0.523. The van der Waals surface area contributed by atoms with E-state index in [-0.39, 0.29) is 5.91 Å². The summed E-state index contributed by atoms with van der Waals surface area (Å²) in [5, 5.41) is 2.69. The maximum absolute atomic E-state index is 12.1. The number of ether oxygens (including phenoxy) is 3. The SMILES string of the molecule is COc1cc(/C=C/C(=O)Nc2ccc(C(N)=O)cc2)cc(OC)c1OC. The van der Waals surface area contributed by atoms with Gasteiger partial charge in [0.1, 0.15) is 0 Å². The van der Waals surface area contributed by atoms with Gasteiger partial charge in [0, 0.05) is 17.3 Å². The number of primary amides is 1. The standard InChI is InChI=1S/C19H20N2O5/c1-24-15-10-12(11-16(25-2)18(15)26-3)4-9-17(22)21-14-7-5-13(6-8-14)19(20)23/h4-11H,1-3H3,(H2,20,23)(H,21,22)/b9-4+. The largest absolute Gasteiger partial charge is 0.493 e. The fraction of sp³-hybridized carbons (Fsp3) is 0.158. The third-order valence-electron chi connectivity index (χ3n) is 3.55. The Labute approximate surface area is 151 Å². The number of anilines is 1. The van der Waals surface area contributed by atoms with Crippen molar-refractivity contribution in [2.75, 3.05) is 26.6 Å². The molecule has 0 radical (unpaired) electrons. The highest BCUT2D eigenvalue weighted by molar-refractivity contribution is 6.02. The van der Waals surface area contributed by atoms with Gasteiger partial charge in [-0.3, -0.25) is 9.59 Å². The number of nitrogens with one attached hydrogen (secondary N) is 1. The second kappa shape index (κ2) is 8.57. The van der Waals surface area contributed by atoms with Crippen LogP contribution in [0.25, 0.3) is 6.08 Å². The normalized spacial score (nSPS) is 10.4. The summed E-state index contributed by atoms with van der Waals surface area (Å²) in [5.74, 6) is 0.616. The van der Waals surface area contributed by atoms with E-state index in [4.69, 9.17) is 19.9 Å². The molecule has 0 aromatic heterocycles. The third-order valence-corrected chi connectivity index (χ3v) is 3.55. The van der Waals surface area contributed by atoms with E-state index in [9.17, 15) is 9.59 Å². The molecule has 7 nitrogen and oxygen atoms in total. The molecule has 2 aromatic carbocycles. The van der Waals surface area contributed by atoms with Crippen molar-refractivity contribution < 1.29 is 23.8 Å². The van der Waals surface area contributed by atoms with Crippen molar-refractivity contribution in [3.63, 3.8) is 0 Å². The fourth-order valence-corrected chi connectivity index (χ4v) is 2.27. The summed E-state index contributed by atoms with van der Waals surface area (Å²) in [4.78, 5) is 23.1. The molecule has 0 atom stereocenters. The fourth-order valence-electron chi connectivity index (χ4n) is 2.27. The van der Waals surface area contributed by atoms with Crippen molar-refractivity contribution in [2.24, 2.45) is 5.73 Å². The predicted octanol–water partition coefficient (Wildman–Crippen LogP) is 2.46. The average molecular weight is 356 g/mol. The van der Waals surface area contributed by atoms with E-state index in [2.05, 4.69) is 5.32 Å². The highest BCUT2D eigenvalue weighted by atomic mass is 16.5. The zero-order valence-electron chi connectivity index (χ0n) is 14.7. The molecule has 2 aromatic rings. The Balaban J connectivity index is 2.13. The molecule has 136 valence electrons. The van der Waals surface area contributed by atoms with Crippen LogP contribution in [0.4, 0.5) is 5.69 Å². The van der Waals surface area contributed by atoms with Crippen molar-refractivity contribution >= 4 is 23.6 Å². The predicted molar refractivity (Wildman–Crippen MR) is 98.7 cm³/mol. The Morgan fingerprint density at radius 2 is 1.54 bits per heavy atom. The van der Waals surface area contributed by atoms with E-state index in [0.717, 1.165) is 0 Å². The lowest BCUT2D eigenvalue weighted by molar-refractivity contribution is -0.111. The summed E-state index contributed by atoms with van der Waals surface area (Å²) in [7, 11) is 4.56. The molecule has 0 unspecified atom stereocenters. The summed E-state index contributed by atoms with van der Waals surface area (Å²) in [6, 6.07) is 9.75. The topological polar surface area (TPSA) is 99.9 Å². The van der Waals surface area contributed by atoms with Crippen molar-refractivity contribution in [3.8, 4) is 17.2 Å². The number of hydrogen-bond donors (Lipinski definition) is 2. The van der Waals surface area contributed by atoms with E-state index < -0.39 is 5.91 Å². The number of rotatable bonds is 7. The lowest BCUT2D eigenvalue weighted by Gasteiger charge is -2.12. The van der Waals surface area contributed by atoms with Crippen molar-refractivity contribution in [1.82, 2.24) is 0 Å². The minimum absolute atomic E-state index is 0.328. The lowest BCUT2D eigenvalue weighted by Crippen LogP contribution is -2.11. The molecule has 0 saturated carbocycles. The van der Waals surface area contributed by atoms with Gasteiger partial charge in [-0.15, -0.1) is 0 Å². The number of methoxy groups -OCH3 is 3. The summed E-state index contributed by atoms with van der Waals surface area (Å²) in [5.41, 5.74) is 6.81. The molecule has 0 heterocycles. The van der Waals surface area contributed by atoms with E-state index >= 15 is 0 Å². The van der Waals surface area contributed by atoms with Gasteiger partial charge in [0.25, 0.3) is 0 Å². The van der Waals surface area contributed by atoms with E-state index in [0.29, 0.717) is 34.1 Å². The Morgan fingerprint density at radius 3 is 2.00 bits per heavy atom. The highest BCUT2D eigenvalue weighted by Crippen LogP contribution is 2.38. The average Bonchev–Trinajstić information content (AvgIpc) is 2.65. The van der Waals surface area contributed by atoms with Crippen molar-refractivity contribution in [3.05, 3.63) is 53.6 Å². The number of hydrogen-bond acceptors (Lipinski definition) is 5. The summed E-state index contributed by atoms with van der Waals surface area (Å²) in [6.45, 7) is 0. The van der Waals surface area contributed by atoms with Gasteiger partial charge in [-0.25, -0.2) is 0 Å². The molecule has 0 bridgehead atoms. The maximum atomic E-state index is 12.1. The molecule has 26 heavy (non-hydrogen) atoms. The first-order chi connectivity index (χ1) is 12.5. The Hall–Kier alpha value is -3.48. The van der Waals surface area contributed by atoms with Crippen molar-refractivity contribution in [1.29, 1.82) is 0 Å². The second-order valence-electron chi connectivity index (χ2n) is 5.22. The Bertz CT molecular complexity index is 803. The second-order valence-corrected chi connectivity index (χ2v) is 5.22. The Morgan fingerprint density at radius 1 is 0.962 bits per heavy atom. The summed E-state index contributed by atoms with van der Waals surface area (Å²) >= 11 is 0. The van der Waals surface area contributed by atoms with Crippen LogP contribution in [0.3, 0.4) is 0 Å². The minimum Gasteiger partial charge on any atom is -0.493 e. The van der Waals surface area contributed by atoms with Gasteiger partial charge < -0.3 is 25.3 Å². The van der Waals surface area contributed by atoms with Crippen LogP contribution < -0.4 is 25.3 Å². The molecule has 2 rings (SSSR count). The van der Waals surface area contributed by atoms with Gasteiger partial charge in [-0.1, -0.05) is 0 Å². The molecule has 0 aliphatic rings. The van der Waals surface area contributed by atoms with Crippen LogP contribution in [0.2, 0.25) is 0 Å².